The van der Waals surface area contributed by atoms with Crippen molar-refractivity contribution in [2.75, 3.05) is 13.1 Å². The number of carbonyl (C=O) groups is 2. The number of likely N-dealkylation sites (tertiary alicyclic amines) is 1. The summed E-state index contributed by atoms with van der Waals surface area (Å²) in [6.07, 6.45) is 1.53. The lowest BCUT2D eigenvalue weighted by Gasteiger charge is -2.23. The molecule has 1 heterocycles. The highest BCUT2D eigenvalue weighted by molar-refractivity contribution is 5.78. The lowest BCUT2D eigenvalue weighted by Crippen LogP contribution is -2.43. The van der Waals surface area contributed by atoms with Gasteiger partial charge in [0, 0.05) is 12.1 Å². The smallest absolute Gasteiger partial charge is 0.308 e. The lowest BCUT2D eigenvalue weighted by atomic mass is 10.0. The number of carboxylic acid groups (broad SMARTS) is 1. The first-order valence-corrected chi connectivity index (χ1v) is 6.22. The van der Waals surface area contributed by atoms with Gasteiger partial charge >= 0.3 is 5.97 Å². The minimum Gasteiger partial charge on any atom is -0.481 e. The number of nitrogens with zero attached hydrogens (tertiary/aromatic N) is 1. The first-order valence-electron chi connectivity index (χ1n) is 6.22. The van der Waals surface area contributed by atoms with Gasteiger partial charge in [0.1, 0.15) is 0 Å². The number of carboxylic acids is 1. The van der Waals surface area contributed by atoms with E-state index in [4.69, 9.17) is 5.11 Å². The van der Waals surface area contributed by atoms with Crippen molar-refractivity contribution in [3.05, 3.63) is 0 Å². The number of hydrogen-bond acceptors (Lipinski definition) is 3. The van der Waals surface area contributed by atoms with Crippen LogP contribution < -0.4 is 5.32 Å². The highest BCUT2D eigenvalue weighted by atomic mass is 16.4. The molecule has 2 N–H and O–H groups in total. The number of amides is 1. The molecule has 3 unspecified atom stereocenters. The zero-order chi connectivity index (χ0) is 13.0. The van der Waals surface area contributed by atoms with Crippen molar-refractivity contribution in [2.45, 2.75) is 45.7 Å². The molecule has 0 saturated carbocycles. The Labute approximate surface area is 102 Å². The standard InChI is InChI=1S/C12H22N2O3/c1-4-8(2)13-11(15)7-14-6-5-10(9(14)3)12(16)17/h8-10H,4-7H2,1-3H3,(H,13,15)(H,16,17). The highest BCUT2D eigenvalue weighted by Gasteiger charge is 2.36. The summed E-state index contributed by atoms with van der Waals surface area (Å²) in [5.41, 5.74) is 0. The average Bonchev–Trinajstić information content (AvgIpc) is 2.60. The third-order valence-electron chi connectivity index (χ3n) is 3.57. The van der Waals surface area contributed by atoms with Gasteiger partial charge in [-0.2, -0.15) is 0 Å². The molecule has 1 rings (SSSR count). The van der Waals surface area contributed by atoms with Crippen molar-refractivity contribution in [3.63, 3.8) is 0 Å². The number of aliphatic carboxylic acids is 1. The van der Waals surface area contributed by atoms with E-state index in [9.17, 15) is 9.59 Å². The van der Waals surface area contributed by atoms with Crippen molar-refractivity contribution < 1.29 is 14.7 Å². The Bertz CT molecular complexity index is 293. The predicted molar refractivity (Wildman–Crippen MR) is 64.7 cm³/mol. The molecule has 1 saturated heterocycles. The van der Waals surface area contributed by atoms with Crippen LogP contribution in [0.3, 0.4) is 0 Å². The van der Waals surface area contributed by atoms with Gasteiger partial charge < -0.3 is 10.4 Å². The van der Waals surface area contributed by atoms with Gasteiger partial charge in [0.2, 0.25) is 5.91 Å². The van der Waals surface area contributed by atoms with Gasteiger partial charge in [-0.1, -0.05) is 6.92 Å². The fraction of sp³-hybridized carbons (Fsp3) is 0.833. The van der Waals surface area contributed by atoms with Gasteiger partial charge in [-0.05, 0) is 33.2 Å². The summed E-state index contributed by atoms with van der Waals surface area (Å²) in [5.74, 6) is -1.12. The number of rotatable bonds is 5. The summed E-state index contributed by atoms with van der Waals surface area (Å²) in [6.45, 7) is 6.85. The monoisotopic (exact) mass is 242 g/mol. The van der Waals surface area contributed by atoms with E-state index in [2.05, 4.69) is 5.32 Å². The molecule has 1 aliphatic heterocycles. The molecule has 98 valence electrons. The molecular weight excluding hydrogens is 220 g/mol. The van der Waals surface area contributed by atoms with E-state index in [1.54, 1.807) is 0 Å². The Balaban J connectivity index is 2.43. The van der Waals surface area contributed by atoms with Crippen LogP contribution in [0.25, 0.3) is 0 Å². The topological polar surface area (TPSA) is 69.6 Å². The van der Waals surface area contributed by atoms with E-state index in [1.807, 2.05) is 25.7 Å². The number of carbonyl (C=O) groups excluding carboxylic acids is 1. The summed E-state index contributed by atoms with van der Waals surface area (Å²) in [4.78, 5) is 24.6. The molecule has 0 aromatic heterocycles. The summed E-state index contributed by atoms with van der Waals surface area (Å²) in [5, 5.41) is 11.9. The molecule has 0 bridgehead atoms. The number of hydrogen-bond donors (Lipinski definition) is 2. The summed E-state index contributed by atoms with van der Waals surface area (Å²) in [7, 11) is 0. The third kappa shape index (κ3) is 3.70. The van der Waals surface area contributed by atoms with Crippen LogP contribution in [0.4, 0.5) is 0 Å². The summed E-state index contributed by atoms with van der Waals surface area (Å²) < 4.78 is 0. The second-order valence-electron chi connectivity index (χ2n) is 4.82. The summed E-state index contributed by atoms with van der Waals surface area (Å²) in [6, 6.07) is 0.117. The normalized spacial score (nSPS) is 26.8. The zero-order valence-electron chi connectivity index (χ0n) is 10.8. The molecule has 0 spiro atoms. The second-order valence-corrected chi connectivity index (χ2v) is 4.82. The molecule has 1 aliphatic rings. The van der Waals surface area contributed by atoms with Crippen LogP contribution in [0, 0.1) is 5.92 Å². The van der Waals surface area contributed by atoms with Crippen molar-refractivity contribution >= 4 is 11.9 Å². The first kappa shape index (κ1) is 14.0. The van der Waals surface area contributed by atoms with E-state index >= 15 is 0 Å². The quantitative estimate of drug-likeness (QED) is 0.744. The Hall–Kier alpha value is -1.10. The third-order valence-corrected chi connectivity index (χ3v) is 3.57. The Morgan fingerprint density at radius 2 is 2.18 bits per heavy atom. The highest BCUT2D eigenvalue weighted by Crippen LogP contribution is 2.23. The minimum absolute atomic E-state index is 0.0164. The van der Waals surface area contributed by atoms with Crippen molar-refractivity contribution in [2.24, 2.45) is 5.92 Å². The Kier molecular flexibility index (Phi) is 4.93. The molecule has 17 heavy (non-hydrogen) atoms. The first-order chi connectivity index (χ1) is 7.95. The Morgan fingerprint density at radius 3 is 2.65 bits per heavy atom. The molecule has 1 fully saturated rings. The maximum absolute atomic E-state index is 11.7. The molecule has 1 amide bonds. The summed E-state index contributed by atoms with van der Waals surface area (Å²) >= 11 is 0. The van der Waals surface area contributed by atoms with Gasteiger partial charge in [-0.3, -0.25) is 14.5 Å². The van der Waals surface area contributed by atoms with Gasteiger partial charge in [-0.25, -0.2) is 0 Å². The SMILES string of the molecule is CCC(C)NC(=O)CN1CCC(C(=O)O)C1C. The van der Waals surface area contributed by atoms with Gasteiger partial charge in [0.15, 0.2) is 0 Å². The average molecular weight is 242 g/mol. The van der Waals surface area contributed by atoms with E-state index < -0.39 is 5.97 Å². The molecular formula is C12H22N2O3. The maximum atomic E-state index is 11.7. The van der Waals surface area contributed by atoms with Crippen molar-refractivity contribution in [1.29, 1.82) is 0 Å². The van der Waals surface area contributed by atoms with Crippen LogP contribution in [0.2, 0.25) is 0 Å². The molecule has 0 aromatic carbocycles. The van der Waals surface area contributed by atoms with Crippen molar-refractivity contribution in [1.82, 2.24) is 10.2 Å². The van der Waals surface area contributed by atoms with Crippen LogP contribution in [0.1, 0.15) is 33.6 Å². The van der Waals surface area contributed by atoms with Crippen LogP contribution in [-0.4, -0.2) is 47.1 Å². The Morgan fingerprint density at radius 1 is 1.53 bits per heavy atom. The van der Waals surface area contributed by atoms with Gasteiger partial charge in [0.05, 0.1) is 12.5 Å². The molecule has 5 nitrogen and oxygen atoms in total. The fourth-order valence-electron chi connectivity index (χ4n) is 2.16. The minimum atomic E-state index is -0.762. The van der Waals surface area contributed by atoms with E-state index in [-0.39, 0.29) is 23.9 Å². The fourth-order valence-corrected chi connectivity index (χ4v) is 2.16. The number of nitrogens with one attached hydrogen (secondary N) is 1. The molecule has 0 aliphatic carbocycles. The van der Waals surface area contributed by atoms with Crippen LogP contribution in [-0.2, 0) is 9.59 Å². The van der Waals surface area contributed by atoms with E-state index in [0.29, 0.717) is 19.5 Å². The molecule has 3 atom stereocenters. The van der Waals surface area contributed by atoms with Gasteiger partial charge in [-0.15, -0.1) is 0 Å². The largest absolute Gasteiger partial charge is 0.481 e. The predicted octanol–water partition coefficient (Wildman–Crippen LogP) is 0.696. The molecule has 0 aromatic rings. The van der Waals surface area contributed by atoms with E-state index in [0.717, 1.165) is 6.42 Å². The maximum Gasteiger partial charge on any atom is 0.308 e. The molecule has 0 radical (unpaired) electrons. The molecule has 5 heteroatoms. The van der Waals surface area contributed by atoms with Crippen molar-refractivity contribution in [3.8, 4) is 0 Å². The second kappa shape index (κ2) is 6.00. The van der Waals surface area contributed by atoms with Crippen LogP contribution in [0.15, 0.2) is 0 Å². The lowest BCUT2D eigenvalue weighted by molar-refractivity contribution is -0.142. The van der Waals surface area contributed by atoms with Crippen LogP contribution >= 0.6 is 0 Å². The van der Waals surface area contributed by atoms with E-state index in [1.165, 1.54) is 0 Å². The zero-order valence-corrected chi connectivity index (χ0v) is 10.8. The van der Waals surface area contributed by atoms with Gasteiger partial charge in [0.25, 0.3) is 0 Å². The van der Waals surface area contributed by atoms with Crippen LogP contribution in [0.5, 0.6) is 0 Å².